The van der Waals surface area contributed by atoms with Crippen LogP contribution in [0.4, 0.5) is 0 Å². The largest absolute Gasteiger partial charge is 0.304 e. The predicted octanol–water partition coefficient (Wildman–Crippen LogP) is 0.238. The number of amides is 1. The predicted molar refractivity (Wildman–Crippen MR) is 99.9 cm³/mol. The molecule has 0 aliphatic carbocycles. The number of hydrogen-bond donors (Lipinski definition) is 1. The van der Waals surface area contributed by atoms with Gasteiger partial charge in [-0.1, -0.05) is 0 Å². The van der Waals surface area contributed by atoms with E-state index in [1.54, 1.807) is 0 Å². The van der Waals surface area contributed by atoms with Crippen molar-refractivity contribution in [2.45, 2.75) is 17.7 Å². The summed E-state index contributed by atoms with van der Waals surface area (Å²) in [6.45, 7) is 4.08. The summed E-state index contributed by atoms with van der Waals surface area (Å²) in [5.41, 5.74) is 3.40. The second-order valence-corrected chi connectivity index (χ2v) is 9.02. The van der Waals surface area contributed by atoms with Crippen LogP contribution in [0.15, 0.2) is 29.2 Å². The molecule has 27 heavy (non-hydrogen) atoms. The van der Waals surface area contributed by atoms with E-state index in [1.807, 2.05) is 11.1 Å². The lowest BCUT2D eigenvalue weighted by atomic mass is 9.97. The molecule has 0 unspecified atom stereocenters. The zero-order valence-electron chi connectivity index (χ0n) is 15.5. The molecule has 1 aromatic carbocycles. The molecule has 0 saturated carbocycles. The fraction of sp³-hybridized carbons (Fsp3) is 0.556. The standard InChI is InChI=1S/C18H25N5O3S/c1-21-10-12-22(13-11-21)20-18(24)16-6-8-23(9-7-16)27(25,26)17-4-2-15(14-19)3-5-17/h2-5,16H,6-13H2,1H3,(H,20,24). The summed E-state index contributed by atoms with van der Waals surface area (Å²) in [6, 6.07) is 7.90. The fourth-order valence-electron chi connectivity index (χ4n) is 3.37. The van der Waals surface area contributed by atoms with Crippen LogP contribution >= 0.6 is 0 Å². The molecule has 1 N–H and O–H groups in total. The third kappa shape index (κ3) is 4.65. The van der Waals surface area contributed by atoms with Crippen LogP contribution in [-0.4, -0.2) is 74.9 Å². The zero-order chi connectivity index (χ0) is 19.4. The molecule has 1 aromatic rings. The molecule has 0 spiro atoms. The Morgan fingerprint density at radius 2 is 1.67 bits per heavy atom. The Bertz CT molecular complexity index is 802. The number of piperazine rings is 1. The highest BCUT2D eigenvalue weighted by Gasteiger charge is 2.32. The first-order valence-electron chi connectivity index (χ1n) is 9.14. The van der Waals surface area contributed by atoms with E-state index >= 15 is 0 Å². The molecule has 2 aliphatic heterocycles. The SMILES string of the molecule is CN1CCN(NC(=O)C2CCN(S(=O)(=O)c3ccc(C#N)cc3)CC2)CC1. The van der Waals surface area contributed by atoms with E-state index in [1.165, 1.54) is 28.6 Å². The van der Waals surface area contributed by atoms with Crippen molar-refractivity contribution >= 4 is 15.9 Å². The topological polar surface area (TPSA) is 96.8 Å². The molecule has 8 nitrogen and oxygen atoms in total. The third-order valence-corrected chi connectivity index (χ3v) is 7.13. The molecule has 2 heterocycles. The Hall–Kier alpha value is -1.99. The highest BCUT2D eigenvalue weighted by Crippen LogP contribution is 2.24. The summed E-state index contributed by atoms with van der Waals surface area (Å²) in [6.07, 6.45) is 1.02. The van der Waals surface area contributed by atoms with Crippen LogP contribution in [0.3, 0.4) is 0 Å². The van der Waals surface area contributed by atoms with Gasteiger partial charge in [-0.15, -0.1) is 0 Å². The van der Waals surface area contributed by atoms with Gasteiger partial charge in [-0.25, -0.2) is 13.4 Å². The number of likely N-dealkylation sites (N-methyl/N-ethyl adjacent to an activating group) is 1. The number of sulfonamides is 1. The molecule has 0 atom stereocenters. The normalized spacial score (nSPS) is 20.9. The van der Waals surface area contributed by atoms with Crippen LogP contribution in [0.25, 0.3) is 0 Å². The Balaban J connectivity index is 1.54. The lowest BCUT2D eigenvalue weighted by Crippen LogP contribution is -2.54. The molecule has 2 aliphatic rings. The number of benzene rings is 1. The molecule has 3 rings (SSSR count). The minimum absolute atomic E-state index is 0.0185. The lowest BCUT2D eigenvalue weighted by molar-refractivity contribution is -0.131. The summed E-state index contributed by atoms with van der Waals surface area (Å²) in [4.78, 5) is 14.9. The Labute approximate surface area is 160 Å². The summed E-state index contributed by atoms with van der Waals surface area (Å²) in [7, 11) is -1.53. The van der Waals surface area contributed by atoms with Gasteiger partial charge in [-0.05, 0) is 44.2 Å². The summed E-state index contributed by atoms with van der Waals surface area (Å²) < 4.78 is 26.9. The summed E-state index contributed by atoms with van der Waals surface area (Å²) in [5.74, 6) is -0.188. The van der Waals surface area contributed by atoms with Gasteiger partial charge in [0.1, 0.15) is 0 Å². The van der Waals surface area contributed by atoms with Crippen molar-refractivity contribution in [1.82, 2.24) is 19.6 Å². The monoisotopic (exact) mass is 391 g/mol. The molecule has 9 heteroatoms. The first-order valence-corrected chi connectivity index (χ1v) is 10.6. The highest BCUT2D eigenvalue weighted by molar-refractivity contribution is 7.89. The number of carbonyl (C=O) groups is 1. The van der Waals surface area contributed by atoms with E-state index in [-0.39, 0.29) is 16.7 Å². The molecule has 146 valence electrons. The second kappa shape index (κ2) is 8.35. The van der Waals surface area contributed by atoms with Crippen LogP contribution in [0.1, 0.15) is 18.4 Å². The van der Waals surface area contributed by atoms with Crippen molar-refractivity contribution < 1.29 is 13.2 Å². The number of hydrogen-bond acceptors (Lipinski definition) is 6. The quantitative estimate of drug-likeness (QED) is 0.790. The molecule has 1 amide bonds. The van der Waals surface area contributed by atoms with Gasteiger partial charge in [0.2, 0.25) is 15.9 Å². The van der Waals surface area contributed by atoms with Gasteiger partial charge >= 0.3 is 0 Å². The van der Waals surface area contributed by atoms with Gasteiger partial charge in [0.15, 0.2) is 0 Å². The maximum Gasteiger partial charge on any atom is 0.243 e. The van der Waals surface area contributed by atoms with Gasteiger partial charge in [-0.2, -0.15) is 9.57 Å². The molecule has 0 bridgehead atoms. The van der Waals surface area contributed by atoms with E-state index < -0.39 is 10.0 Å². The van der Waals surface area contributed by atoms with Crippen LogP contribution < -0.4 is 5.43 Å². The van der Waals surface area contributed by atoms with E-state index in [2.05, 4.69) is 17.4 Å². The van der Waals surface area contributed by atoms with Gasteiger partial charge in [-0.3, -0.25) is 10.2 Å². The number of carbonyl (C=O) groups excluding carboxylic acids is 1. The number of hydrazine groups is 1. The first kappa shape index (κ1) is 19.8. The molecular formula is C18H25N5O3S. The smallest absolute Gasteiger partial charge is 0.243 e. The van der Waals surface area contributed by atoms with Crippen molar-refractivity contribution in [3.05, 3.63) is 29.8 Å². The third-order valence-electron chi connectivity index (χ3n) is 5.22. The fourth-order valence-corrected chi connectivity index (χ4v) is 4.84. The van der Waals surface area contributed by atoms with E-state index in [4.69, 9.17) is 5.26 Å². The molecule has 2 saturated heterocycles. The van der Waals surface area contributed by atoms with E-state index in [0.29, 0.717) is 31.5 Å². The Morgan fingerprint density at radius 1 is 1.07 bits per heavy atom. The van der Waals surface area contributed by atoms with Crippen molar-refractivity contribution in [3.8, 4) is 6.07 Å². The Morgan fingerprint density at radius 3 is 2.22 bits per heavy atom. The number of nitriles is 1. The average Bonchev–Trinajstić information content (AvgIpc) is 2.70. The van der Waals surface area contributed by atoms with Crippen LogP contribution in [-0.2, 0) is 14.8 Å². The molecule has 0 radical (unpaired) electrons. The van der Waals surface area contributed by atoms with E-state index in [0.717, 1.165) is 26.2 Å². The minimum Gasteiger partial charge on any atom is -0.304 e. The van der Waals surface area contributed by atoms with Crippen molar-refractivity contribution in [3.63, 3.8) is 0 Å². The summed E-state index contributed by atoms with van der Waals surface area (Å²) in [5, 5.41) is 10.8. The summed E-state index contributed by atoms with van der Waals surface area (Å²) >= 11 is 0. The Kier molecular flexibility index (Phi) is 6.11. The van der Waals surface area contributed by atoms with Crippen LogP contribution in [0.5, 0.6) is 0 Å². The van der Waals surface area contributed by atoms with E-state index in [9.17, 15) is 13.2 Å². The maximum absolute atomic E-state index is 12.7. The van der Waals surface area contributed by atoms with Gasteiger partial charge in [0, 0.05) is 45.2 Å². The van der Waals surface area contributed by atoms with Crippen molar-refractivity contribution in [2.24, 2.45) is 5.92 Å². The van der Waals surface area contributed by atoms with Crippen molar-refractivity contribution in [1.29, 1.82) is 5.26 Å². The number of nitrogens with one attached hydrogen (secondary N) is 1. The van der Waals surface area contributed by atoms with Gasteiger partial charge in [0.25, 0.3) is 0 Å². The number of piperidine rings is 1. The zero-order valence-corrected chi connectivity index (χ0v) is 16.3. The average molecular weight is 391 g/mol. The maximum atomic E-state index is 12.7. The molecule has 2 fully saturated rings. The van der Waals surface area contributed by atoms with Gasteiger partial charge in [0.05, 0.1) is 16.5 Å². The van der Waals surface area contributed by atoms with Crippen LogP contribution in [0.2, 0.25) is 0 Å². The van der Waals surface area contributed by atoms with Crippen molar-refractivity contribution in [2.75, 3.05) is 46.3 Å². The molecule has 0 aromatic heterocycles. The lowest BCUT2D eigenvalue weighted by Gasteiger charge is -2.35. The highest BCUT2D eigenvalue weighted by atomic mass is 32.2. The second-order valence-electron chi connectivity index (χ2n) is 7.08. The van der Waals surface area contributed by atoms with Crippen LogP contribution in [0, 0.1) is 17.2 Å². The van der Waals surface area contributed by atoms with Gasteiger partial charge < -0.3 is 4.90 Å². The minimum atomic E-state index is -3.59. The first-order chi connectivity index (χ1) is 12.9. The number of rotatable bonds is 4. The molecular weight excluding hydrogens is 366 g/mol. The number of nitrogens with zero attached hydrogens (tertiary/aromatic N) is 4.